The van der Waals surface area contributed by atoms with Gasteiger partial charge >= 0.3 is 0 Å². The molecule has 0 saturated carbocycles. The number of Topliss-reactive ketones (excluding diaryl/α,β-unsaturated/α-hetero) is 1. The lowest BCUT2D eigenvalue weighted by Gasteiger charge is -2.30. The molecule has 1 rings (SSSR count). The Kier molecular flexibility index (Phi) is 4.24. The van der Waals surface area contributed by atoms with Gasteiger partial charge in [-0.25, -0.2) is 12.7 Å². The van der Waals surface area contributed by atoms with E-state index < -0.39 is 10.0 Å². The minimum absolute atomic E-state index is 0.00958. The van der Waals surface area contributed by atoms with Crippen molar-refractivity contribution in [1.29, 1.82) is 0 Å². The van der Waals surface area contributed by atoms with Crippen LogP contribution >= 0.6 is 0 Å². The number of rotatable bonds is 4. The normalized spacial score (nSPS) is 24.0. The number of hydrogen-bond donors (Lipinski definition) is 1. The van der Waals surface area contributed by atoms with Gasteiger partial charge in [0.2, 0.25) is 10.0 Å². The van der Waals surface area contributed by atoms with Gasteiger partial charge < -0.3 is 5.73 Å². The van der Waals surface area contributed by atoms with Gasteiger partial charge in [-0.2, -0.15) is 0 Å². The Morgan fingerprint density at radius 2 is 2.20 bits per heavy atom. The van der Waals surface area contributed by atoms with E-state index in [-0.39, 0.29) is 18.2 Å². The van der Waals surface area contributed by atoms with Crippen LogP contribution in [0.5, 0.6) is 0 Å². The molecule has 1 aliphatic rings. The molecule has 0 aromatic carbocycles. The Labute approximate surface area is 90.7 Å². The fourth-order valence-electron chi connectivity index (χ4n) is 1.90. The van der Waals surface area contributed by atoms with E-state index in [1.807, 2.05) is 0 Å². The van der Waals surface area contributed by atoms with Gasteiger partial charge in [-0.05, 0) is 18.8 Å². The highest BCUT2D eigenvalue weighted by Crippen LogP contribution is 2.21. The molecule has 88 valence electrons. The summed E-state index contributed by atoms with van der Waals surface area (Å²) in [7, 11) is -3.11. The molecule has 0 radical (unpaired) electrons. The number of piperidine rings is 1. The average Bonchev–Trinajstić information content (AvgIpc) is 2.17. The van der Waals surface area contributed by atoms with E-state index >= 15 is 0 Å². The summed E-state index contributed by atoms with van der Waals surface area (Å²) in [6, 6.07) is 0. The van der Waals surface area contributed by atoms with E-state index in [9.17, 15) is 13.2 Å². The van der Waals surface area contributed by atoms with Crippen LogP contribution in [0.1, 0.15) is 19.3 Å². The minimum atomic E-state index is -3.11. The molecule has 2 N–H and O–H groups in total. The molecular formula is C9H18N2O3S. The van der Waals surface area contributed by atoms with E-state index in [0.717, 1.165) is 12.8 Å². The first-order chi connectivity index (χ1) is 6.93. The standard InChI is InChI=1S/C9H18N2O3S/c1-15(13,14)11-4-2-3-8(7-11)5-9(12)6-10/h8H,2-7,10H2,1H3. The van der Waals surface area contributed by atoms with Crippen molar-refractivity contribution in [1.82, 2.24) is 4.31 Å². The maximum atomic E-state index is 11.3. The van der Waals surface area contributed by atoms with Gasteiger partial charge in [0, 0.05) is 19.5 Å². The summed E-state index contributed by atoms with van der Waals surface area (Å²) in [5.41, 5.74) is 5.23. The van der Waals surface area contributed by atoms with Crippen LogP contribution in [0, 0.1) is 5.92 Å². The highest BCUT2D eigenvalue weighted by Gasteiger charge is 2.26. The highest BCUT2D eigenvalue weighted by atomic mass is 32.2. The first-order valence-electron chi connectivity index (χ1n) is 5.10. The number of ketones is 1. The van der Waals surface area contributed by atoms with Crippen molar-refractivity contribution >= 4 is 15.8 Å². The van der Waals surface area contributed by atoms with Crippen LogP contribution in [0.4, 0.5) is 0 Å². The zero-order valence-corrected chi connectivity index (χ0v) is 9.79. The van der Waals surface area contributed by atoms with Gasteiger partial charge in [-0.15, -0.1) is 0 Å². The number of nitrogens with zero attached hydrogens (tertiary/aromatic N) is 1. The first-order valence-corrected chi connectivity index (χ1v) is 6.95. The lowest BCUT2D eigenvalue weighted by molar-refractivity contribution is -0.118. The fourth-order valence-corrected chi connectivity index (χ4v) is 2.84. The van der Waals surface area contributed by atoms with Crippen molar-refractivity contribution in [2.45, 2.75) is 19.3 Å². The van der Waals surface area contributed by atoms with Crippen LogP contribution in [-0.4, -0.2) is 44.4 Å². The minimum Gasteiger partial charge on any atom is -0.324 e. The largest absolute Gasteiger partial charge is 0.324 e. The Hall–Kier alpha value is -0.460. The maximum Gasteiger partial charge on any atom is 0.211 e. The van der Waals surface area contributed by atoms with Crippen LogP contribution in [0.3, 0.4) is 0 Å². The third kappa shape index (κ3) is 3.89. The van der Waals surface area contributed by atoms with Crippen LogP contribution < -0.4 is 5.73 Å². The molecule has 0 bridgehead atoms. The molecule has 15 heavy (non-hydrogen) atoms. The summed E-state index contributed by atoms with van der Waals surface area (Å²) in [5.74, 6) is 0.153. The van der Waals surface area contributed by atoms with Gasteiger partial charge in [0.05, 0.1) is 12.8 Å². The fraction of sp³-hybridized carbons (Fsp3) is 0.889. The van der Waals surface area contributed by atoms with E-state index in [1.165, 1.54) is 10.6 Å². The number of carbonyl (C=O) groups is 1. The van der Waals surface area contributed by atoms with Crippen LogP contribution in [0.2, 0.25) is 0 Å². The predicted molar refractivity (Wildman–Crippen MR) is 57.8 cm³/mol. The van der Waals surface area contributed by atoms with Gasteiger partial charge in [0.25, 0.3) is 0 Å². The third-order valence-corrected chi connectivity index (χ3v) is 3.96. The number of hydrogen-bond acceptors (Lipinski definition) is 4. The molecule has 1 aliphatic heterocycles. The smallest absolute Gasteiger partial charge is 0.211 e. The molecule has 0 spiro atoms. The molecular weight excluding hydrogens is 216 g/mol. The Morgan fingerprint density at radius 1 is 1.53 bits per heavy atom. The lowest BCUT2D eigenvalue weighted by atomic mass is 9.94. The second-order valence-electron chi connectivity index (χ2n) is 4.08. The van der Waals surface area contributed by atoms with E-state index in [2.05, 4.69) is 0 Å². The van der Waals surface area contributed by atoms with Crippen molar-refractivity contribution in [2.24, 2.45) is 11.7 Å². The van der Waals surface area contributed by atoms with Crippen LogP contribution in [0.15, 0.2) is 0 Å². The van der Waals surface area contributed by atoms with E-state index in [0.29, 0.717) is 19.5 Å². The topological polar surface area (TPSA) is 80.5 Å². The molecule has 0 aliphatic carbocycles. The summed E-state index contributed by atoms with van der Waals surface area (Å²) in [6.45, 7) is 1.09. The molecule has 0 aromatic rings. The van der Waals surface area contributed by atoms with Crippen molar-refractivity contribution in [2.75, 3.05) is 25.9 Å². The second-order valence-corrected chi connectivity index (χ2v) is 6.06. The van der Waals surface area contributed by atoms with Crippen molar-refractivity contribution in [3.8, 4) is 0 Å². The lowest BCUT2D eigenvalue weighted by Crippen LogP contribution is -2.40. The van der Waals surface area contributed by atoms with Crippen LogP contribution in [0.25, 0.3) is 0 Å². The van der Waals surface area contributed by atoms with E-state index in [1.54, 1.807) is 0 Å². The number of sulfonamides is 1. The SMILES string of the molecule is CS(=O)(=O)N1CCCC(CC(=O)CN)C1. The van der Waals surface area contributed by atoms with Crippen LogP contribution in [-0.2, 0) is 14.8 Å². The molecule has 1 fully saturated rings. The second kappa shape index (κ2) is 5.05. The van der Waals surface area contributed by atoms with Crippen molar-refractivity contribution < 1.29 is 13.2 Å². The Morgan fingerprint density at radius 3 is 2.73 bits per heavy atom. The molecule has 0 amide bonds. The van der Waals surface area contributed by atoms with Gasteiger partial charge in [0.15, 0.2) is 0 Å². The Balaban J connectivity index is 2.53. The molecule has 1 unspecified atom stereocenters. The summed E-state index contributed by atoms with van der Waals surface area (Å²) in [5, 5.41) is 0. The van der Waals surface area contributed by atoms with Crippen molar-refractivity contribution in [3.05, 3.63) is 0 Å². The maximum absolute atomic E-state index is 11.3. The zero-order valence-electron chi connectivity index (χ0n) is 8.98. The number of carbonyl (C=O) groups excluding carboxylic acids is 1. The van der Waals surface area contributed by atoms with E-state index in [4.69, 9.17) is 5.73 Å². The number of nitrogens with two attached hydrogens (primary N) is 1. The molecule has 1 saturated heterocycles. The highest BCUT2D eigenvalue weighted by molar-refractivity contribution is 7.88. The quantitative estimate of drug-likeness (QED) is 0.716. The summed E-state index contributed by atoms with van der Waals surface area (Å²) in [4.78, 5) is 11.1. The summed E-state index contributed by atoms with van der Waals surface area (Å²) in [6.07, 6.45) is 3.36. The molecule has 5 nitrogen and oxygen atoms in total. The van der Waals surface area contributed by atoms with Crippen molar-refractivity contribution in [3.63, 3.8) is 0 Å². The average molecular weight is 234 g/mol. The monoisotopic (exact) mass is 234 g/mol. The summed E-state index contributed by atoms with van der Waals surface area (Å²) < 4.78 is 24.1. The Bertz CT molecular complexity index is 326. The molecule has 0 aromatic heterocycles. The summed E-state index contributed by atoms with van der Waals surface area (Å²) >= 11 is 0. The molecule has 1 atom stereocenters. The third-order valence-electron chi connectivity index (χ3n) is 2.69. The molecule has 1 heterocycles. The van der Waals surface area contributed by atoms with Gasteiger partial charge in [-0.1, -0.05) is 0 Å². The molecule has 6 heteroatoms. The zero-order chi connectivity index (χ0) is 11.5. The first kappa shape index (κ1) is 12.6. The predicted octanol–water partition coefficient (Wildman–Crippen LogP) is -0.424. The van der Waals surface area contributed by atoms with Gasteiger partial charge in [-0.3, -0.25) is 4.79 Å². The van der Waals surface area contributed by atoms with Gasteiger partial charge in [0.1, 0.15) is 5.78 Å².